The zero-order valence-electron chi connectivity index (χ0n) is 16.3. The third-order valence-electron chi connectivity index (χ3n) is 4.62. The number of aromatic nitrogens is 5. The summed E-state index contributed by atoms with van der Waals surface area (Å²) < 4.78 is 6.01. The number of hydrogen-bond acceptors (Lipinski definition) is 9. The molecule has 0 fully saturated rings. The summed E-state index contributed by atoms with van der Waals surface area (Å²) in [7, 11) is 0. The molecule has 1 atom stereocenters. The highest BCUT2D eigenvalue weighted by Gasteiger charge is 2.24. The average molecular weight is 459 g/mol. The Bertz CT molecular complexity index is 1110. The van der Waals surface area contributed by atoms with Crippen molar-refractivity contribution in [1.82, 2.24) is 30.7 Å². The highest BCUT2D eigenvalue weighted by Crippen LogP contribution is 2.27. The largest absolute Gasteiger partial charge is 0.378 e. The maximum atomic E-state index is 12.8. The molecule has 0 bridgehead atoms. The Balaban J connectivity index is 1.54. The third-order valence-corrected chi connectivity index (χ3v) is 5.90. The summed E-state index contributed by atoms with van der Waals surface area (Å²) >= 11 is 7.43. The van der Waals surface area contributed by atoms with E-state index < -0.39 is 5.91 Å². The summed E-state index contributed by atoms with van der Waals surface area (Å²) in [6, 6.07) is 7.36. The van der Waals surface area contributed by atoms with E-state index in [2.05, 4.69) is 47.9 Å². The minimum Gasteiger partial charge on any atom is -0.378 e. The van der Waals surface area contributed by atoms with E-state index in [9.17, 15) is 4.79 Å². The van der Waals surface area contributed by atoms with Gasteiger partial charge in [-0.15, -0.1) is 16.9 Å². The van der Waals surface area contributed by atoms with Gasteiger partial charge in [-0.3, -0.25) is 4.79 Å². The number of nitrogens with two attached hydrogens (primary N) is 1. The van der Waals surface area contributed by atoms with Crippen molar-refractivity contribution in [3.8, 4) is 5.82 Å². The molecule has 3 N–H and O–H groups in total. The average Bonchev–Trinajstić information content (AvgIpc) is 3.39. The summed E-state index contributed by atoms with van der Waals surface area (Å²) in [6.07, 6.45) is 8.96. The fraction of sp³-hybridized carbons (Fsp3) is 0.263. The van der Waals surface area contributed by atoms with E-state index in [1.54, 1.807) is 18.3 Å². The zero-order chi connectivity index (χ0) is 21.6. The lowest BCUT2D eigenvalue weighted by Gasteiger charge is -2.11. The van der Waals surface area contributed by atoms with Gasteiger partial charge in [0.05, 0.1) is 5.69 Å². The van der Waals surface area contributed by atoms with Gasteiger partial charge in [0.1, 0.15) is 0 Å². The fourth-order valence-corrected chi connectivity index (χ4v) is 4.02. The lowest BCUT2D eigenvalue weighted by Crippen LogP contribution is -2.21. The van der Waals surface area contributed by atoms with Crippen molar-refractivity contribution in [2.45, 2.75) is 29.9 Å². The Morgan fingerprint density at radius 3 is 2.90 bits per heavy atom. The minimum absolute atomic E-state index is 0.0398. The number of halogens is 1. The number of nitrogens with zero attached hydrogens (tertiary/aromatic N) is 6. The van der Waals surface area contributed by atoms with Crippen molar-refractivity contribution in [3.05, 3.63) is 52.8 Å². The molecule has 10 nitrogen and oxygen atoms in total. The summed E-state index contributed by atoms with van der Waals surface area (Å²) in [4.78, 5) is 13.7. The van der Waals surface area contributed by atoms with Crippen LogP contribution in [0.5, 0.6) is 0 Å². The Hall–Kier alpha value is -3.18. The molecule has 2 aromatic heterocycles. The van der Waals surface area contributed by atoms with Gasteiger partial charge >= 0.3 is 0 Å². The zero-order valence-corrected chi connectivity index (χ0v) is 17.9. The van der Waals surface area contributed by atoms with Gasteiger partial charge in [0.25, 0.3) is 5.91 Å². The van der Waals surface area contributed by atoms with Crippen molar-refractivity contribution in [2.24, 2.45) is 11.0 Å². The van der Waals surface area contributed by atoms with Crippen LogP contribution in [-0.4, -0.2) is 37.4 Å². The van der Waals surface area contributed by atoms with Crippen LogP contribution in [-0.2, 0) is 5.75 Å². The van der Waals surface area contributed by atoms with E-state index >= 15 is 0 Å². The van der Waals surface area contributed by atoms with Gasteiger partial charge in [0.2, 0.25) is 11.6 Å². The molecule has 1 aliphatic rings. The van der Waals surface area contributed by atoms with E-state index in [0.717, 1.165) is 24.2 Å². The SMILES string of the molecule is Nc1nonc1-n1nnc(C(=O)N/N=C\[C@H]2CC=CCC2)c1CSc1ccc(Cl)cc1. The number of nitrogen functional groups attached to an aromatic ring is 1. The van der Waals surface area contributed by atoms with Crippen molar-refractivity contribution in [3.63, 3.8) is 0 Å². The van der Waals surface area contributed by atoms with E-state index in [4.69, 9.17) is 17.3 Å². The Labute approximate surface area is 186 Å². The van der Waals surface area contributed by atoms with Gasteiger partial charge in [-0.05, 0) is 59.8 Å². The van der Waals surface area contributed by atoms with E-state index in [1.807, 2.05) is 12.1 Å². The highest BCUT2D eigenvalue weighted by atomic mass is 35.5. The molecule has 2 heterocycles. The van der Waals surface area contributed by atoms with Crippen molar-refractivity contribution < 1.29 is 9.42 Å². The number of allylic oxidation sites excluding steroid dienone is 2. The van der Waals surface area contributed by atoms with Crippen LogP contribution in [0.1, 0.15) is 35.4 Å². The molecular formula is C19H19ClN8O2S. The van der Waals surface area contributed by atoms with Gasteiger partial charge in [-0.2, -0.15) is 9.78 Å². The minimum atomic E-state index is -0.476. The van der Waals surface area contributed by atoms with Gasteiger partial charge in [0.15, 0.2) is 5.69 Å². The summed E-state index contributed by atoms with van der Waals surface area (Å²) in [5.41, 5.74) is 8.94. The van der Waals surface area contributed by atoms with Crippen LogP contribution in [0.3, 0.4) is 0 Å². The Morgan fingerprint density at radius 1 is 1.35 bits per heavy atom. The second-order valence-corrected chi connectivity index (χ2v) is 8.26. The van der Waals surface area contributed by atoms with E-state index in [1.165, 1.54) is 16.4 Å². The highest BCUT2D eigenvalue weighted by molar-refractivity contribution is 7.98. The smallest absolute Gasteiger partial charge is 0.293 e. The van der Waals surface area contributed by atoms with Crippen molar-refractivity contribution >= 4 is 41.3 Å². The quantitative estimate of drug-likeness (QED) is 0.238. The van der Waals surface area contributed by atoms with Crippen LogP contribution in [0.2, 0.25) is 5.02 Å². The molecule has 1 amide bonds. The summed E-state index contributed by atoms with van der Waals surface area (Å²) in [6.45, 7) is 0. The number of carbonyl (C=O) groups excluding carboxylic acids is 1. The second kappa shape index (κ2) is 9.75. The summed E-state index contributed by atoms with van der Waals surface area (Å²) in [5, 5.41) is 20.1. The molecule has 160 valence electrons. The molecule has 0 unspecified atom stereocenters. The van der Waals surface area contributed by atoms with Gasteiger partial charge < -0.3 is 5.73 Å². The third kappa shape index (κ3) is 5.12. The maximum Gasteiger partial charge on any atom is 0.293 e. The molecule has 0 spiro atoms. The van der Waals surface area contributed by atoms with Gasteiger partial charge in [0, 0.05) is 21.9 Å². The van der Waals surface area contributed by atoms with Crippen LogP contribution >= 0.6 is 23.4 Å². The predicted molar refractivity (Wildman–Crippen MR) is 117 cm³/mol. The van der Waals surface area contributed by atoms with Gasteiger partial charge in [-0.1, -0.05) is 29.0 Å². The number of amides is 1. The summed E-state index contributed by atoms with van der Waals surface area (Å²) in [5.74, 6) is 0.395. The van der Waals surface area contributed by atoms with Crippen LogP contribution < -0.4 is 11.2 Å². The first-order valence-electron chi connectivity index (χ1n) is 9.51. The van der Waals surface area contributed by atoms with Crippen molar-refractivity contribution in [2.75, 3.05) is 5.73 Å². The lowest BCUT2D eigenvalue weighted by molar-refractivity contribution is 0.0949. The molecule has 31 heavy (non-hydrogen) atoms. The monoisotopic (exact) mass is 458 g/mol. The normalized spacial score (nSPS) is 16.1. The maximum absolute atomic E-state index is 12.8. The van der Waals surface area contributed by atoms with Crippen LogP contribution in [0.25, 0.3) is 5.82 Å². The molecule has 0 saturated carbocycles. The molecular weight excluding hydrogens is 440 g/mol. The number of hydrogen-bond donors (Lipinski definition) is 2. The van der Waals surface area contributed by atoms with Crippen molar-refractivity contribution in [1.29, 1.82) is 0 Å². The van der Waals surface area contributed by atoms with Crippen LogP contribution in [0.4, 0.5) is 5.82 Å². The number of carbonyl (C=O) groups is 1. The number of anilines is 1. The first-order chi connectivity index (χ1) is 15.1. The standard InChI is InChI=1S/C19H19ClN8O2S/c20-13-6-8-14(9-7-13)31-11-15-16(23-27-28(15)18-17(21)25-30-26-18)19(29)24-22-10-12-4-2-1-3-5-12/h1-2,6-10,12H,3-5,11H2,(H2,21,25)(H,24,29)/b22-10-/t12-/m0/s1. The topological polar surface area (TPSA) is 137 Å². The predicted octanol–water partition coefficient (Wildman–Crippen LogP) is 3.25. The van der Waals surface area contributed by atoms with E-state index in [-0.39, 0.29) is 17.3 Å². The molecule has 0 radical (unpaired) electrons. The van der Waals surface area contributed by atoms with Crippen LogP contribution in [0.15, 0.2) is 51.0 Å². The molecule has 1 aliphatic carbocycles. The number of hydrazone groups is 1. The first kappa shape index (κ1) is 21.1. The van der Waals surface area contributed by atoms with E-state index in [0.29, 0.717) is 22.4 Å². The first-order valence-corrected chi connectivity index (χ1v) is 10.9. The molecule has 0 aliphatic heterocycles. The van der Waals surface area contributed by atoms with Crippen LogP contribution in [0, 0.1) is 5.92 Å². The Kier molecular flexibility index (Phi) is 6.63. The Morgan fingerprint density at radius 2 is 2.19 bits per heavy atom. The molecule has 12 heteroatoms. The lowest BCUT2D eigenvalue weighted by atomic mass is 9.96. The fourth-order valence-electron chi connectivity index (χ4n) is 3.00. The number of nitrogens with one attached hydrogen (secondary N) is 1. The number of rotatable bonds is 7. The second-order valence-electron chi connectivity index (χ2n) is 6.78. The molecule has 1 aromatic carbocycles. The molecule has 0 saturated heterocycles. The van der Waals surface area contributed by atoms with Gasteiger partial charge in [-0.25, -0.2) is 10.1 Å². The molecule has 3 aromatic rings. The molecule has 4 rings (SSSR count). The number of thioether (sulfide) groups is 1. The number of benzene rings is 1.